The first-order valence-electron chi connectivity index (χ1n) is 4.83. The fraction of sp³-hybridized carbons (Fsp3) is 0.700. The highest BCUT2D eigenvalue weighted by Crippen LogP contribution is 2.20. The first kappa shape index (κ1) is 10.8. The number of hydrogen-bond donors (Lipinski definition) is 0. The molecule has 2 nitrogen and oxygen atoms in total. The highest BCUT2D eigenvalue weighted by Gasteiger charge is 2.11. The SMILES string of the molecule is CCC(CC)n1ncc(CBr)c1C. The van der Waals surface area contributed by atoms with Crippen LogP contribution in [-0.4, -0.2) is 9.78 Å². The number of rotatable bonds is 4. The molecule has 13 heavy (non-hydrogen) atoms. The molecule has 0 atom stereocenters. The number of halogens is 1. The summed E-state index contributed by atoms with van der Waals surface area (Å²) >= 11 is 3.46. The zero-order valence-electron chi connectivity index (χ0n) is 8.55. The zero-order chi connectivity index (χ0) is 9.84. The predicted molar refractivity (Wildman–Crippen MR) is 59.2 cm³/mol. The van der Waals surface area contributed by atoms with Crippen LogP contribution in [0.1, 0.15) is 44.0 Å². The summed E-state index contributed by atoms with van der Waals surface area (Å²) in [5, 5.41) is 5.32. The maximum absolute atomic E-state index is 4.42. The summed E-state index contributed by atoms with van der Waals surface area (Å²) in [6.45, 7) is 6.56. The van der Waals surface area contributed by atoms with Crippen LogP contribution >= 0.6 is 15.9 Å². The Morgan fingerprint density at radius 1 is 1.46 bits per heavy atom. The molecule has 0 amide bonds. The van der Waals surface area contributed by atoms with Gasteiger partial charge in [-0.05, 0) is 19.8 Å². The molecule has 0 unspecified atom stereocenters. The molecule has 0 N–H and O–H groups in total. The molecule has 0 aliphatic rings. The van der Waals surface area contributed by atoms with Gasteiger partial charge >= 0.3 is 0 Å². The molecule has 3 heteroatoms. The van der Waals surface area contributed by atoms with E-state index in [1.54, 1.807) is 0 Å². The van der Waals surface area contributed by atoms with Crippen molar-refractivity contribution in [2.75, 3.05) is 0 Å². The third-order valence-corrected chi connectivity index (χ3v) is 3.18. The Morgan fingerprint density at radius 3 is 2.46 bits per heavy atom. The van der Waals surface area contributed by atoms with Crippen LogP contribution in [0.3, 0.4) is 0 Å². The van der Waals surface area contributed by atoms with E-state index in [1.165, 1.54) is 11.3 Å². The predicted octanol–water partition coefficient (Wildman–Crippen LogP) is 3.45. The van der Waals surface area contributed by atoms with Crippen molar-refractivity contribution in [2.24, 2.45) is 0 Å². The topological polar surface area (TPSA) is 17.8 Å². The third-order valence-electron chi connectivity index (χ3n) is 2.58. The second-order valence-electron chi connectivity index (χ2n) is 3.30. The van der Waals surface area contributed by atoms with Gasteiger partial charge in [-0.25, -0.2) is 0 Å². The molecule has 0 spiro atoms. The number of nitrogens with zero attached hydrogens (tertiary/aromatic N) is 2. The van der Waals surface area contributed by atoms with Crippen LogP contribution in [-0.2, 0) is 5.33 Å². The van der Waals surface area contributed by atoms with Gasteiger partial charge in [0.2, 0.25) is 0 Å². The van der Waals surface area contributed by atoms with Crippen LogP contribution in [0, 0.1) is 6.92 Å². The summed E-state index contributed by atoms with van der Waals surface area (Å²) in [5.74, 6) is 0. The maximum atomic E-state index is 4.42. The first-order chi connectivity index (χ1) is 6.24. The lowest BCUT2D eigenvalue weighted by molar-refractivity contribution is 0.419. The van der Waals surface area contributed by atoms with Gasteiger partial charge in [-0.15, -0.1) is 0 Å². The van der Waals surface area contributed by atoms with Gasteiger partial charge in [0.1, 0.15) is 0 Å². The third kappa shape index (κ3) is 2.13. The summed E-state index contributed by atoms with van der Waals surface area (Å²) in [6, 6.07) is 0.563. The minimum atomic E-state index is 0.563. The lowest BCUT2D eigenvalue weighted by Crippen LogP contribution is -2.10. The van der Waals surface area contributed by atoms with Gasteiger partial charge in [-0.2, -0.15) is 5.10 Å². The van der Waals surface area contributed by atoms with Crippen molar-refractivity contribution >= 4 is 15.9 Å². The summed E-state index contributed by atoms with van der Waals surface area (Å²) < 4.78 is 2.15. The minimum Gasteiger partial charge on any atom is -0.267 e. The molecular formula is C10H17BrN2. The molecule has 0 fully saturated rings. The first-order valence-corrected chi connectivity index (χ1v) is 5.95. The van der Waals surface area contributed by atoms with E-state index < -0.39 is 0 Å². The van der Waals surface area contributed by atoms with E-state index in [4.69, 9.17) is 0 Å². The van der Waals surface area contributed by atoms with Crippen LogP contribution in [0.25, 0.3) is 0 Å². The van der Waals surface area contributed by atoms with Gasteiger partial charge in [0.05, 0.1) is 12.2 Å². The van der Waals surface area contributed by atoms with E-state index in [9.17, 15) is 0 Å². The molecule has 74 valence electrons. The number of aromatic nitrogens is 2. The largest absolute Gasteiger partial charge is 0.267 e. The van der Waals surface area contributed by atoms with E-state index in [0.29, 0.717) is 6.04 Å². The maximum Gasteiger partial charge on any atom is 0.0533 e. The number of alkyl halides is 1. The van der Waals surface area contributed by atoms with Gasteiger partial charge in [-0.1, -0.05) is 29.8 Å². The quantitative estimate of drug-likeness (QED) is 0.743. The lowest BCUT2D eigenvalue weighted by atomic mass is 10.1. The van der Waals surface area contributed by atoms with Crippen molar-refractivity contribution < 1.29 is 0 Å². The van der Waals surface area contributed by atoms with Crippen molar-refractivity contribution in [3.63, 3.8) is 0 Å². The average molecular weight is 245 g/mol. The fourth-order valence-corrected chi connectivity index (χ4v) is 2.14. The van der Waals surface area contributed by atoms with Crippen molar-refractivity contribution in [1.29, 1.82) is 0 Å². The molecule has 0 bridgehead atoms. The van der Waals surface area contributed by atoms with Crippen molar-refractivity contribution in [1.82, 2.24) is 9.78 Å². The zero-order valence-corrected chi connectivity index (χ0v) is 10.1. The molecule has 1 rings (SSSR count). The summed E-state index contributed by atoms with van der Waals surface area (Å²) in [6.07, 6.45) is 4.27. The van der Waals surface area contributed by atoms with E-state index in [0.717, 1.165) is 18.2 Å². The Kier molecular flexibility index (Phi) is 3.97. The molecule has 0 radical (unpaired) electrons. The van der Waals surface area contributed by atoms with Gasteiger partial charge in [-0.3, -0.25) is 4.68 Å². The van der Waals surface area contributed by atoms with E-state index in [-0.39, 0.29) is 0 Å². The lowest BCUT2D eigenvalue weighted by Gasteiger charge is -2.15. The second kappa shape index (κ2) is 4.80. The number of hydrogen-bond acceptors (Lipinski definition) is 1. The minimum absolute atomic E-state index is 0.563. The van der Waals surface area contributed by atoms with Gasteiger partial charge in [0.25, 0.3) is 0 Å². The van der Waals surface area contributed by atoms with E-state index in [2.05, 4.69) is 46.5 Å². The Labute approximate surface area is 88.5 Å². The van der Waals surface area contributed by atoms with Gasteiger partial charge < -0.3 is 0 Å². The standard InChI is InChI=1S/C10H17BrN2/c1-4-10(5-2)13-8(3)9(6-11)7-12-13/h7,10H,4-6H2,1-3H3. The van der Waals surface area contributed by atoms with Gasteiger partial charge in [0, 0.05) is 16.6 Å². The van der Waals surface area contributed by atoms with Crippen LogP contribution in [0.2, 0.25) is 0 Å². The molecule has 1 heterocycles. The average Bonchev–Trinajstić information content (AvgIpc) is 2.50. The Bertz CT molecular complexity index is 264. The summed E-state index contributed by atoms with van der Waals surface area (Å²) in [7, 11) is 0. The molecule has 0 saturated carbocycles. The Balaban J connectivity index is 2.93. The van der Waals surface area contributed by atoms with Crippen molar-refractivity contribution in [3.05, 3.63) is 17.5 Å². The molecule has 0 aliphatic heterocycles. The Hall–Kier alpha value is -0.310. The van der Waals surface area contributed by atoms with Crippen LogP contribution in [0.5, 0.6) is 0 Å². The Morgan fingerprint density at radius 2 is 2.08 bits per heavy atom. The van der Waals surface area contributed by atoms with Gasteiger partial charge in [0.15, 0.2) is 0 Å². The van der Waals surface area contributed by atoms with Crippen LogP contribution in [0.15, 0.2) is 6.20 Å². The van der Waals surface area contributed by atoms with Crippen molar-refractivity contribution in [3.8, 4) is 0 Å². The second-order valence-corrected chi connectivity index (χ2v) is 3.86. The van der Waals surface area contributed by atoms with Crippen LogP contribution in [0.4, 0.5) is 0 Å². The van der Waals surface area contributed by atoms with E-state index >= 15 is 0 Å². The fourth-order valence-electron chi connectivity index (χ4n) is 1.59. The highest BCUT2D eigenvalue weighted by atomic mass is 79.9. The highest BCUT2D eigenvalue weighted by molar-refractivity contribution is 9.08. The molecule has 0 saturated heterocycles. The summed E-state index contributed by atoms with van der Waals surface area (Å²) in [5.41, 5.74) is 2.59. The molecule has 0 aliphatic carbocycles. The smallest absolute Gasteiger partial charge is 0.0533 e. The normalized spacial score (nSPS) is 11.2. The molecular weight excluding hydrogens is 228 g/mol. The molecule has 1 aromatic rings. The van der Waals surface area contributed by atoms with Crippen molar-refractivity contribution in [2.45, 2.75) is 45.0 Å². The molecule has 1 aromatic heterocycles. The monoisotopic (exact) mass is 244 g/mol. The van der Waals surface area contributed by atoms with Crippen LogP contribution < -0.4 is 0 Å². The molecule has 0 aromatic carbocycles. The van der Waals surface area contributed by atoms with E-state index in [1.807, 2.05) is 6.20 Å². The summed E-state index contributed by atoms with van der Waals surface area (Å²) in [4.78, 5) is 0.